The second-order valence-electron chi connectivity index (χ2n) is 7.97. The molecule has 6 nitrogen and oxygen atoms in total. The van der Waals surface area contributed by atoms with E-state index in [1.54, 1.807) is 12.0 Å². The van der Waals surface area contributed by atoms with Crippen molar-refractivity contribution < 1.29 is 14.3 Å². The Bertz CT molecular complexity index is 683. The number of nitrogens with one attached hydrogen (secondary N) is 1. The molecule has 0 bridgehead atoms. The second kappa shape index (κ2) is 8.30. The normalized spacial score (nSPS) is 22.1. The SMILES string of the molecule is COc1ccccc1N1CC(C(=O)NCC2(N(C)C)CCCCC2)CC1=O. The monoisotopic (exact) mass is 373 g/mol. The maximum atomic E-state index is 12.8. The fourth-order valence-corrected chi connectivity index (χ4v) is 4.36. The molecule has 1 unspecified atom stereocenters. The lowest BCUT2D eigenvalue weighted by Crippen LogP contribution is -2.54. The number of carbonyl (C=O) groups excluding carboxylic acids is 2. The van der Waals surface area contributed by atoms with E-state index in [0.717, 1.165) is 18.5 Å². The summed E-state index contributed by atoms with van der Waals surface area (Å²) in [6.45, 7) is 1.05. The van der Waals surface area contributed by atoms with Crippen LogP contribution < -0.4 is 15.0 Å². The number of anilines is 1. The lowest BCUT2D eigenvalue weighted by atomic mass is 9.80. The van der Waals surface area contributed by atoms with E-state index in [-0.39, 0.29) is 29.7 Å². The van der Waals surface area contributed by atoms with E-state index in [1.807, 2.05) is 24.3 Å². The average molecular weight is 373 g/mol. The quantitative estimate of drug-likeness (QED) is 0.832. The van der Waals surface area contributed by atoms with E-state index < -0.39 is 0 Å². The van der Waals surface area contributed by atoms with Crippen LogP contribution in [0.4, 0.5) is 5.69 Å². The summed E-state index contributed by atoms with van der Waals surface area (Å²) in [6.07, 6.45) is 6.15. The van der Waals surface area contributed by atoms with E-state index in [4.69, 9.17) is 4.74 Å². The summed E-state index contributed by atoms with van der Waals surface area (Å²) >= 11 is 0. The molecular weight excluding hydrogens is 342 g/mol. The predicted molar refractivity (Wildman–Crippen MR) is 106 cm³/mol. The van der Waals surface area contributed by atoms with Gasteiger partial charge in [0.25, 0.3) is 0 Å². The Balaban J connectivity index is 1.64. The number of para-hydroxylation sites is 2. The van der Waals surface area contributed by atoms with Crippen LogP contribution in [0, 0.1) is 5.92 Å². The second-order valence-corrected chi connectivity index (χ2v) is 7.97. The molecule has 1 N–H and O–H groups in total. The molecule has 3 rings (SSSR count). The molecule has 1 aromatic rings. The Morgan fingerprint density at radius 3 is 2.63 bits per heavy atom. The highest BCUT2D eigenvalue weighted by atomic mass is 16.5. The van der Waals surface area contributed by atoms with Crippen LogP contribution in [0.25, 0.3) is 0 Å². The number of benzene rings is 1. The zero-order chi connectivity index (χ0) is 19.4. The maximum absolute atomic E-state index is 12.8. The molecule has 1 saturated carbocycles. The molecule has 0 aromatic heterocycles. The van der Waals surface area contributed by atoms with Crippen LogP contribution in [0.3, 0.4) is 0 Å². The molecule has 1 atom stereocenters. The lowest BCUT2D eigenvalue weighted by molar-refractivity contribution is -0.127. The Morgan fingerprint density at radius 1 is 1.26 bits per heavy atom. The van der Waals surface area contributed by atoms with Crippen molar-refractivity contribution in [3.8, 4) is 5.75 Å². The van der Waals surface area contributed by atoms with Gasteiger partial charge in [-0.2, -0.15) is 0 Å². The summed E-state index contributed by atoms with van der Waals surface area (Å²) in [7, 11) is 5.79. The highest BCUT2D eigenvalue weighted by Gasteiger charge is 2.38. The molecule has 1 heterocycles. The van der Waals surface area contributed by atoms with Crippen molar-refractivity contribution in [1.82, 2.24) is 10.2 Å². The molecule has 1 aliphatic heterocycles. The number of amides is 2. The van der Waals surface area contributed by atoms with E-state index in [9.17, 15) is 9.59 Å². The first-order chi connectivity index (χ1) is 13.0. The van der Waals surface area contributed by atoms with E-state index >= 15 is 0 Å². The summed E-state index contributed by atoms with van der Waals surface area (Å²) in [5.74, 6) is 0.290. The Morgan fingerprint density at radius 2 is 1.96 bits per heavy atom. The number of methoxy groups -OCH3 is 1. The lowest BCUT2D eigenvalue weighted by Gasteiger charge is -2.43. The molecule has 1 saturated heterocycles. The largest absolute Gasteiger partial charge is 0.495 e. The van der Waals surface area contributed by atoms with Crippen molar-refractivity contribution in [3.63, 3.8) is 0 Å². The van der Waals surface area contributed by atoms with Crippen molar-refractivity contribution >= 4 is 17.5 Å². The number of ether oxygens (including phenoxy) is 1. The van der Waals surface area contributed by atoms with Crippen LogP contribution in [-0.2, 0) is 9.59 Å². The van der Waals surface area contributed by atoms with Gasteiger partial charge < -0.3 is 19.9 Å². The topological polar surface area (TPSA) is 61.9 Å². The van der Waals surface area contributed by atoms with Gasteiger partial charge in [-0.3, -0.25) is 9.59 Å². The number of carbonyl (C=O) groups is 2. The van der Waals surface area contributed by atoms with E-state index in [0.29, 0.717) is 18.8 Å². The number of rotatable bonds is 6. The third-order valence-electron chi connectivity index (χ3n) is 6.20. The number of hydrogen-bond acceptors (Lipinski definition) is 4. The fourth-order valence-electron chi connectivity index (χ4n) is 4.36. The van der Waals surface area contributed by atoms with Crippen LogP contribution in [0.2, 0.25) is 0 Å². The van der Waals surface area contributed by atoms with Crippen molar-refractivity contribution in [2.24, 2.45) is 5.92 Å². The predicted octanol–water partition coefficient (Wildman–Crippen LogP) is 2.43. The molecule has 0 spiro atoms. The van der Waals surface area contributed by atoms with Gasteiger partial charge in [0.2, 0.25) is 11.8 Å². The Hall–Kier alpha value is -2.08. The third-order valence-corrected chi connectivity index (χ3v) is 6.20. The Kier molecular flexibility index (Phi) is 6.05. The van der Waals surface area contributed by atoms with Crippen LogP contribution in [-0.4, -0.2) is 56.5 Å². The molecule has 6 heteroatoms. The van der Waals surface area contributed by atoms with Crippen LogP contribution in [0.1, 0.15) is 38.5 Å². The average Bonchev–Trinajstić information content (AvgIpc) is 3.08. The summed E-state index contributed by atoms with van der Waals surface area (Å²) in [5, 5.41) is 3.15. The van der Waals surface area contributed by atoms with E-state index in [2.05, 4.69) is 24.3 Å². The summed E-state index contributed by atoms with van der Waals surface area (Å²) in [4.78, 5) is 29.2. The van der Waals surface area contributed by atoms with Gasteiger partial charge in [0.05, 0.1) is 18.7 Å². The molecule has 2 aliphatic rings. The molecule has 0 radical (unpaired) electrons. The van der Waals surface area contributed by atoms with E-state index in [1.165, 1.54) is 19.3 Å². The molecule has 2 amide bonds. The zero-order valence-electron chi connectivity index (χ0n) is 16.7. The van der Waals surface area contributed by atoms with Crippen LogP contribution in [0.15, 0.2) is 24.3 Å². The molecule has 1 aliphatic carbocycles. The molecule has 27 heavy (non-hydrogen) atoms. The van der Waals surface area contributed by atoms with Crippen molar-refractivity contribution in [2.45, 2.75) is 44.1 Å². The van der Waals surface area contributed by atoms with Crippen LogP contribution >= 0.6 is 0 Å². The standard InChI is InChI=1S/C21H31N3O3/c1-23(2)21(11-7-4-8-12-21)15-22-20(26)16-13-19(25)24(14-16)17-9-5-6-10-18(17)27-3/h5-6,9-10,16H,4,7-8,11-15H2,1-3H3,(H,22,26). The van der Waals surface area contributed by atoms with Gasteiger partial charge in [-0.25, -0.2) is 0 Å². The van der Waals surface area contributed by atoms with Gasteiger partial charge in [-0.05, 0) is 39.1 Å². The first kappa shape index (κ1) is 19.7. The minimum Gasteiger partial charge on any atom is -0.495 e. The number of nitrogens with zero attached hydrogens (tertiary/aromatic N) is 2. The van der Waals surface area contributed by atoms with Gasteiger partial charge in [0, 0.05) is 25.0 Å². The first-order valence-electron chi connectivity index (χ1n) is 9.85. The smallest absolute Gasteiger partial charge is 0.227 e. The molecule has 2 fully saturated rings. The number of likely N-dealkylation sites (N-methyl/N-ethyl adjacent to an activating group) is 1. The van der Waals surface area contributed by atoms with Crippen molar-refractivity contribution in [1.29, 1.82) is 0 Å². The first-order valence-corrected chi connectivity index (χ1v) is 9.85. The zero-order valence-corrected chi connectivity index (χ0v) is 16.7. The highest BCUT2D eigenvalue weighted by Crippen LogP contribution is 2.34. The highest BCUT2D eigenvalue weighted by molar-refractivity contribution is 6.01. The minimum atomic E-state index is -0.315. The van der Waals surface area contributed by atoms with Gasteiger partial charge in [0.15, 0.2) is 0 Å². The molecular formula is C21H31N3O3. The Labute approximate surface area is 161 Å². The van der Waals surface area contributed by atoms with Gasteiger partial charge in [0.1, 0.15) is 5.75 Å². The summed E-state index contributed by atoms with van der Waals surface area (Å²) in [5.41, 5.74) is 0.774. The van der Waals surface area contributed by atoms with Crippen molar-refractivity contribution in [3.05, 3.63) is 24.3 Å². The van der Waals surface area contributed by atoms with Gasteiger partial charge in [-0.15, -0.1) is 0 Å². The van der Waals surface area contributed by atoms with Gasteiger partial charge >= 0.3 is 0 Å². The fraction of sp³-hybridized carbons (Fsp3) is 0.619. The number of hydrogen-bond donors (Lipinski definition) is 1. The summed E-state index contributed by atoms with van der Waals surface area (Å²) < 4.78 is 5.37. The maximum Gasteiger partial charge on any atom is 0.227 e. The minimum absolute atomic E-state index is 0.0208. The summed E-state index contributed by atoms with van der Waals surface area (Å²) in [6, 6.07) is 7.44. The molecule has 1 aromatic carbocycles. The molecule has 148 valence electrons. The third kappa shape index (κ3) is 4.10. The van der Waals surface area contributed by atoms with Crippen molar-refractivity contribution in [2.75, 3.05) is 39.2 Å². The van der Waals surface area contributed by atoms with Crippen LogP contribution in [0.5, 0.6) is 5.75 Å². The van der Waals surface area contributed by atoms with Gasteiger partial charge in [-0.1, -0.05) is 31.4 Å².